The molecule has 0 spiro atoms. The van der Waals surface area contributed by atoms with Crippen molar-refractivity contribution in [2.24, 2.45) is 0 Å². The number of hydrogen-bond donors (Lipinski definition) is 2. The van der Waals surface area contributed by atoms with Gasteiger partial charge in [-0.2, -0.15) is 26.7 Å². The van der Waals surface area contributed by atoms with Crippen LogP contribution in [0.3, 0.4) is 0 Å². The van der Waals surface area contributed by atoms with E-state index in [1.165, 1.54) is 23.3 Å². The van der Waals surface area contributed by atoms with Crippen molar-refractivity contribution in [1.82, 2.24) is 10.3 Å². The summed E-state index contributed by atoms with van der Waals surface area (Å²) in [5.41, 5.74) is 1.60. The summed E-state index contributed by atoms with van der Waals surface area (Å²) in [6, 6.07) is 11.9. The van der Waals surface area contributed by atoms with Crippen LogP contribution in [-0.4, -0.2) is 22.7 Å². The van der Waals surface area contributed by atoms with Crippen LogP contribution in [-0.2, 0) is 19.0 Å². The smallest absolute Gasteiger partial charge is 0.385 e. The van der Waals surface area contributed by atoms with Crippen molar-refractivity contribution in [3.8, 4) is 0 Å². The third-order valence-corrected chi connectivity index (χ3v) is 4.05. The Morgan fingerprint density at radius 1 is 1.08 bits per heavy atom. The zero-order chi connectivity index (χ0) is 16.4. The maximum Gasteiger partial charge on any atom is 0.433 e. The van der Waals surface area contributed by atoms with Crippen molar-refractivity contribution >= 4 is 13.5 Å². The number of pyridine rings is 1. The second-order valence-electron chi connectivity index (χ2n) is 5.74. The third kappa shape index (κ3) is 4.28. The molecule has 1 aromatic carbocycles. The van der Waals surface area contributed by atoms with E-state index in [0.29, 0.717) is 0 Å². The lowest BCUT2D eigenvalue weighted by Gasteiger charge is -2.17. The summed E-state index contributed by atoms with van der Waals surface area (Å²) in [6.07, 6.45) is -3.85. The summed E-state index contributed by atoms with van der Waals surface area (Å²) in [5, 5.41) is 13.3. The van der Waals surface area contributed by atoms with Crippen molar-refractivity contribution in [2.75, 3.05) is 6.54 Å². The Bertz CT molecular complexity index is 669. The first-order chi connectivity index (χ1) is 10.9. The van der Waals surface area contributed by atoms with E-state index in [1.54, 1.807) is 0 Å². The molecular weight excluding hydrogens is 337 g/mol. The molecule has 24 heavy (non-hydrogen) atoms. The number of benzene rings is 1. The number of alkyl halides is 3. The van der Waals surface area contributed by atoms with Gasteiger partial charge < -0.3 is 10.4 Å². The lowest BCUT2D eigenvalue weighted by Crippen LogP contribution is -2.33. The number of aromatic nitrogens is 1. The number of fused-ring (bicyclic) bond motifs is 1. The fourth-order valence-corrected chi connectivity index (χ4v) is 2.88. The first kappa shape index (κ1) is 18.8. The molecular formula is C17H19F3N2OS. The van der Waals surface area contributed by atoms with E-state index in [1.807, 2.05) is 12.1 Å². The van der Waals surface area contributed by atoms with Crippen molar-refractivity contribution in [1.29, 1.82) is 0 Å². The first-order valence-corrected chi connectivity index (χ1v) is 7.46. The molecule has 1 aromatic heterocycles. The highest BCUT2D eigenvalue weighted by Crippen LogP contribution is 2.28. The number of aliphatic hydroxyl groups excluding tert-OH is 1. The van der Waals surface area contributed by atoms with Gasteiger partial charge in [0.25, 0.3) is 0 Å². The van der Waals surface area contributed by atoms with Gasteiger partial charge in [-0.1, -0.05) is 30.3 Å². The maximum atomic E-state index is 12.7. The molecule has 1 aliphatic rings. The van der Waals surface area contributed by atoms with Gasteiger partial charge in [0.15, 0.2) is 0 Å². The topological polar surface area (TPSA) is 45.1 Å². The van der Waals surface area contributed by atoms with E-state index in [2.05, 4.69) is 22.4 Å². The van der Waals surface area contributed by atoms with Gasteiger partial charge >= 0.3 is 6.18 Å². The average Bonchev–Trinajstić information content (AvgIpc) is 2.95. The second-order valence-corrected chi connectivity index (χ2v) is 5.74. The van der Waals surface area contributed by atoms with Gasteiger partial charge in [0.05, 0.1) is 5.69 Å². The maximum absolute atomic E-state index is 12.7. The first-order valence-electron chi connectivity index (χ1n) is 7.46. The van der Waals surface area contributed by atoms with Crippen LogP contribution in [0.25, 0.3) is 0 Å². The second kappa shape index (κ2) is 7.55. The molecule has 7 heteroatoms. The minimum Gasteiger partial charge on any atom is -0.385 e. The van der Waals surface area contributed by atoms with Crippen LogP contribution in [0, 0.1) is 0 Å². The molecule has 2 aromatic rings. The Hall–Kier alpha value is -1.57. The van der Waals surface area contributed by atoms with E-state index >= 15 is 0 Å². The van der Waals surface area contributed by atoms with E-state index in [-0.39, 0.29) is 31.8 Å². The fraction of sp³-hybridized carbons (Fsp3) is 0.353. The highest BCUT2D eigenvalue weighted by atomic mass is 32.1. The van der Waals surface area contributed by atoms with Crippen LogP contribution in [0.1, 0.15) is 28.6 Å². The summed E-state index contributed by atoms with van der Waals surface area (Å²) < 4.78 is 38.0. The van der Waals surface area contributed by atoms with Crippen LogP contribution >= 0.6 is 13.5 Å². The molecule has 3 nitrogen and oxygen atoms in total. The summed E-state index contributed by atoms with van der Waals surface area (Å²) in [4.78, 5) is 3.51. The van der Waals surface area contributed by atoms with Gasteiger partial charge in [0.1, 0.15) is 11.8 Å². The Kier molecular flexibility index (Phi) is 5.90. The predicted molar refractivity (Wildman–Crippen MR) is 90.2 cm³/mol. The molecule has 0 fully saturated rings. The number of halogens is 3. The highest BCUT2D eigenvalue weighted by Gasteiger charge is 2.33. The van der Waals surface area contributed by atoms with Gasteiger partial charge in [0, 0.05) is 12.6 Å². The SMILES string of the molecule is O[C@@H](CNC1Cc2ccccc2C1)c1cccc(C(F)(F)F)n1.S. The van der Waals surface area contributed by atoms with Gasteiger partial charge in [-0.3, -0.25) is 0 Å². The number of hydrogen-bond acceptors (Lipinski definition) is 3. The molecule has 1 atom stereocenters. The molecule has 1 heterocycles. The number of nitrogens with zero attached hydrogens (tertiary/aromatic N) is 1. The largest absolute Gasteiger partial charge is 0.433 e. The molecule has 3 rings (SSSR count). The fourth-order valence-electron chi connectivity index (χ4n) is 2.88. The summed E-state index contributed by atoms with van der Waals surface area (Å²) >= 11 is 0. The van der Waals surface area contributed by atoms with E-state index in [0.717, 1.165) is 18.9 Å². The van der Waals surface area contributed by atoms with Gasteiger partial charge in [-0.25, -0.2) is 4.98 Å². The molecule has 0 radical (unpaired) electrons. The molecule has 2 N–H and O–H groups in total. The average molecular weight is 356 g/mol. The summed E-state index contributed by atoms with van der Waals surface area (Å²) in [5.74, 6) is 0. The van der Waals surface area contributed by atoms with E-state index in [9.17, 15) is 18.3 Å². The highest BCUT2D eigenvalue weighted by molar-refractivity contribution is 7.59. The Labute approximate surface area is 145 Å². The molecule has 0 saturated carbocycles. The molecule has 1 aliphatic carbocycles. The Morgan fingerprint density at radius 3 is 2.29 bits per heavy atom. The monoisotopic (exact) mass is 356 g/mol. The van der Waals surface area contributed by atoms with E-state index in [4.69, 9.17) is 0 Å². The molecule has 0 bridgehead atoms. The molecule has 0 saturated heterocycles. The normalized spacial score (nSPS) is 15.7. The van der Waals surface area contributed by atoms with Crippen molar-refractivity contribution in [3.63, 3.8) is 0 Å². The van der Waals surface area contributed by atoms with Gasteiger partial charge in [-0.15, -0.1) is 0 Å². The van der Waals surface area contributed by atoms with Crippen LogP contribution in [0.5, 0.6) is 0 Å². The summed E-state index contributed by atoms with van der Waals surface area (Å²) in [6.45, 7) is 0.174. The van der Waals surface area contributed by atoms with Crippen LogP contribution in [0.4, 0.5) is 13.2 Å². The van der Waals surface area contributed by atoms with Crippen molar-refractivity contribution < 1.29 is 18.3 Å². The third-order valence-electron chi connectivity index (χ3n) is 4.05. The summed E-state index contributed by atoms with van der Waals surface area (Å²) in [7, 11) is 0. The van der Waals surface area contributed by atoms with Crippen molar-refractivity contribution in [3.05, 3.63) is 65.0 Å². The van der Waals surface area contributed by atoms with Gasteiger partial charge in [-0.05, 0) is 36.1 Å². The lowest BCUT2D eigenvalue weighted by molar-refractivity contribution is -0.141. The number of rotatable bonds is 4. The zero-order valence-electron chi connectivity index (χ0n) is 12.8. The van der Waals surface area contributed by atoms with E-state index < -0.39 is 18.0 Å². The van der Waals surface area contributed by atoms with Crippen molar-refractivity contribution in [2.45, 2.75) is 31.2 Å². The van der Waals surface area contributed by atoms with Gasteiger partial charge in [0.2, 0.25) is 0 Å². The molecule has 0 aliphatic heterocycles. The minimum absolute atomic E-state index is 0. The van der Waals surface area contributed by atoms with Crippen LogP contribution in [0.2, 0.25) is 0 Å². The minimum atomic E-state index is -4.50. The zero-order valence-corrected chi connectivity index (χ0v) is 13.8. The van der Waals surface area contributed by atoms with Crippen LogP contribution in [0.15, 0.2) is 42.5 Å². The standard InChI is InChI=1S/C17H17F3N2O.H2S/c18-17(19,20)16-7-3-6-14(22-16)15(23)10-21-13-8-11-4-1-2-5-12(11)9-13;/h1-7,13,15,21,23H,8-10H2;1H2/t15-;/m0./s1. The number of aliphatic hydroxyl groups is 1. The molecule has 0 amide bonds. The molecule has 0 unspecified atom stereocenters. The molecule has 130 valence electrons. The lowest BCUT2D eigenvalue weighted by atomic mass is 10.1. The predicted octanol–water partition coefficient (Wildman–Crippen LogP) is 3.00. The Morgan fingerprint density at radius 2 is 1.71 bits per heavy atom. The Balaban J connectivity index is 0.00000208. The van der Waals surface area contributed by atoms with Crippen LogP contribution < -0.4 is 5.32 Å². The number of nitrogens with one attached hydrogen (secondary N) is 1. The quantitative estimate of drug-likeness (QED) is 0.885.